The van der Waals surface area contributed by atoms with Crippen LogP contribution in [0, 0.1) is 6.92 Å². The average Bonchev–Trinajstić information content (AvgIpc) is 2.85. The summed E-state index contributed by atoms with van der Waals surface area (Å²) in [7, 11) is 0. The van der Waals surface area contributed by atoms with E-state index in [-0.39, 0.29) is 17.4 Å². The summed E-state index contributed by atoms with van der Waals surface area (Å²) in [4.78, 5) is 14.8. The van der Waals surface area contributed by atoms with Crippen LogP contribution in [0.2, 0.25) is 0 Å². The molecular weight excluding hydrogens is 244 g/mol. The number of rotatable bonds is 5. The molecule has 0 bridgehead atoms. The Balaban J connectivity index is 2.23. The van der Waals surface area contributed by atoms with Crippen molar-refractivity contribution in [3.8, 4) is 11.5 Å². The maximum absolute atomic E-state index is 11.8. The third-order valence-corrected chi connectivity index (χ3v) is 2.80. The molecular formula is C13H18N4O2. The van der Waals surface area contributed by atoms with Crippen molar-refractivity contribution in [3.05, 3.63) is 34.1 Å². The monoisotopic (exact) mass is 262 g/mol. The van der Waals surface area contributed by atoms with Crippen LogP contribution in [-0.2, 0) is 0 Å². The topological polar surface area (TPSA) is 83.8 Å². The molecule has 2 N–H and O–H groups in total. The van der Waals surface area contributed by atoms with Crippen LogP contribution in [0.4, 0.5) is 0 Å². The van der Waals surface area contributed by atoms with Crippen molar-refractivity contribution in [1.29, 1.82) is 0 Å². The summed E-state index contributed by atoms with van der Waals surface area (Å²) in [6, 6.07) is 1.49. The fraction of sp³-hybridized carbons (Fsp3) is 0.462. The molecule has 102 valence electrons. The first-order valence-corrected chi connectivity index (χ1v) is 6.38. The molecule has 0 aliphatic rings. The van der Waals surface area contributed by atoms with Gasteiger partial charge in [0.05, 0.1) is 6.04 Å². The highest BCUT2D eigenvalue weighted by atomic mass is 16.4. The number of nitrogens with zero attached hydrogens (tertiary/aromatic N) is 2. The Morgan fingerprint density at radius 2 is 2.26 bits per heavy atom. The summed E-state index contributed by atoms with van der Waals surface area (Å²) in [6.07, 6.45) is 2.63. The zero-order valence-corrected chi connectivity index (χ0v) is 11.4. The van der Waals surface area contributed by atoms with Gasteiger partial charge in [-0.2, -0.15) is 0 Å². The summed E-state index contributed by atoms with van der Waals surface area (Å²) < 4.78 is 5.54. The zero-order chi connectivity index (χ0) is 13.8. The van der Waals surface area contributed by atoms with Gasteiger partial charge in [-0.3, -0.25) is 4.79 Å². The molecule has 0 amide bonds. The minimum atomic E-state index is -0.124. The van der Waals surface area contributed by atoms with E-state index in [4.69, 9.17) is 4.42 Å². The molecule has 0 aliphatic carbocycles. The van der Waals surface area contributed by atoms with Crippen molar-refractivity contribution in [3.63, 3.8) is 0 Å². The summed E-state index contributed by atoms with van der Waals surface area (Å²) in [6.45, 7) is 6.74. The third kappa shape index (κ3) is 3.08. The molecule has 0 saturated heterocycles. The normalized spacial score (nSPS) is 12.6. The van der Waals surface area contributed by atoms with Gasteiger partial charge in [0, 0.05) is 18.0 Å². The van der Waals surface area contributed by atoms with E-state index < -0.39 is 0 Å². The van der Waals surface area contributed by atoms with Crippen LogP contribution in [-0.4, -0.2) is 21.7 Å². The first-order valence-electron chi connectivity index (χ1n) is 6.38. The van der Waals surface area contributed by atoms with Crippen LogP contribution in [0.1, 0.15) is 37.9 Å². The molecule has 2 aromatic rings. The molecule has 0 aromatic carbocycles. The smallest absolute Gasteiger partial charge is 0.253 e. The number of H-pyrrole nitrogens is 1. The predicted octanol–water partition coefficient (Wildman–Crippen LogP) is 1.79. The Kier molecular flexibility index (Phi) is 4.11. The molecule has 6 nitrogen and oxygen atoms in total. The number of hydrogen-bond donors (Lipinski definition) is 2. The van der Waals surface area contributed by atoms with Crippen molar-refractivity contribution in [1.82, 2.24) is 20.5 Å². The molecule has 1 unspecified atom stereocenters. The number of aryl methyl sites for hydroxylation is 1. The van der Waals surface area contributed by atoms with Crippen molar-refractivity contribution in [2.75, 3.05) is 6.54 Å². The molecule has 6 heteroatoms. The average molecular weight is 262 g/mol. The van der Waals surface area contributed by atoms with Crippen LogP contribution in [0.3, 0.4) is 0 Å². The van der Waals surface area contributed by atoms with E-state index in [2.05, 4.69) is 27.4 Å². The first-order chi connectivity index (χ1) is 9.11. The Morgan fingerprint density at radius 3 is 2.95 bits per heavy atom. The van der Waals surface area contributed by atoms with Crippen molar-refractivity contribution in [2.24, 2.45) is 0 Å². The summed E-state index contributed by atoms with van der Waals surface area (Å²) >= 11 is 0. The van der Waals surface area contributed by atoms with E-state index in [9.17, 15) is 4.79 Å². The Morgan fingerprint density at radius 1 is 1.47 bits per heavy atom. The van der Waals surface area contributed by atoms with E-state index in [1.54, 1.807) is 6.20 Å². The van der Waals surface area contributed by atoms with Gasteiger partial charge < -0.3 is 14.7 Å². The lowest BCUT2D eigenvalue weighted by atomic mass is 10.2. The van der Waals surface area contributed by atoms with Gasteiger partial charge in [0.1, 0.15) is 5.56 Å². The van der Waals surface area contributed by atoms with Gasteiger partial charge in [-0.1, -0.05) is 6.92 Å². The van der Waals surface area contributed by atoms with Gasteiger partial charge in [-0.05, 0) is 26.8 Å². The second kappa shape index (κ2) is 5.79. The molecule has 0 saturated carbocycles. The third-order valence-electron chi connectivity index (χ3n) is 2.80. The maximum Gasteiger partial charge on any atom is 0.253 e. The number of aromatic nitrogens is 3. The van der Waals surface area contributed by atoms with Gasteiger partial charge in [0.25, 0.3) is 5.89 Å². The van der Waals surface area contributed by atoms with E-state index in [1.807, 2.05) is 13.8 Å². The fourth-order valence-electron chi connectivity index (χ4n) is 1.71. The highest BCUT2D eigenvalue weighted by Crippen LogP contribution is 2.17. The summed E-state index contributed by atoms with van der Waals surface area (Å²) in [5.41, 5.74) is 1.07. The van der Waals surface area contributed by atoms with Crippen LogP contribution in [0.25, 0.3) is 11.5 Å². The molecule has 0 aliphatic heterocycles. The van der Waals surface area contributed by atoms with Gasteiger partial charge in [0.15, 0.2) is 5.43 Å². The Labute approximate surface area is 111 Å². The first kappa shape index (κ1) is 13.5. The van der Waals surface area contributed by atoms with Gasteiger partial charge in [-0.25, -0.2) is 0 Å². The van der Waals surface area contributed by atoms with E-state index >= 15 is 0 Å². The largest absolute Gasteiger partial charge is 0.419 e. The van der Waals surface area contributed by atoms with Crippen molar-refractivity contribution in [2.45, 2.75) is 33.2 Å². The highest BCUT2D eigenvalue weighted by molar-refractivity contribution is 5.50. The van der Waals surface area contributed by atoms with Gasteiger partial charge in [0.2, 0.25) is 5.89 Å². The number of pyridine rings is 1. The van der Waals surface area contributed by atoms with Crippen molar-refractivity contribution < 1.29 is 4.42 Å². The number of nitrogens with one attached hydrogen (secondary N) is 2. The Bertz CT molecular complexity index is 603. The molecule has 0 radical (unpaired) electrons. The second-order valence-electron chi connectivity index (χ2n) is 4.52. The van der Waals surface area contributed by atoms with Gasteiger partial charge >= 0.3 is 0 Å². The number of aromatic amines is 1. The van der Waals surface area contributed by atoms with E-state index in [1.165, 1.54) is 6.07 Å². The molecule has 2 rings (SSSR count). The zero-order valence-electron chi connectivity index (χ0n) is 11.4. The minimum Gasteiger partial charge on any atom is -0.419 e. The van der Waals surface area contributed by atoms with E-state index in [0.717, 1.165) is 18.7 Å². The predicted molar refractivity (Wildman–Crippen MR) is 71.8 cm³/mol. The fourth-order valence-corrected chi connectivity index (χ4v) is 1.71. The quantitative estimate of drug-likeness (QED) is 0.858. The Hall–Kier alpha value is -1.95. The molecule has 0 spiro atoms. The molecule has 1 atom stereocenters. The second-order valence-corrected chi connectivity index (χ2v) is 4.52. The lowest BCUT2D eigenvalue weighted by Crippen LogP contribution is -2.19. The van der Waals surface area contributed by atoms with Crippen LogP contribution < -0.4 is 10.7 Å². The maximum atomic E-state index is 11.8. The highest BCUT2D eigenvalue weighted by Gasteiger charge is 2.16. The van der Waals surface area contributed by atoms with Crippen LogP contribution in [0.15, 0.2) is 21.5 Å². The van der Waals surface area contributed by atoms with Gasteiger partial charge in [-0.15, -0.1) is 10.2 Å². The van der Waals surface area contributed by atoms with Crippen LogP contribution in [0.5, 0.6) is 0 Å². The van der Waals surface area contributed by atoms with Crippen LogP contribution >= 0.6 is 0 Å². The minimum absolute atomic E-state index is 0.0225. The standard InChI is InChI=1S/C13H18N4O2/c1-4-5-14-9(3)12-16-17-13(19-12)10-7-15-8(2)6-11(10)18/h6-7,9,14H,4-5H2,1-3H3,(H,15,18). The summed E-state index contributed by atoms with van der Waals surface area (Å²) in [5, 5.41) is 11.2. The molecule has 19 heavy (non-hydrogen) atoms. The SMILES string of the molecule is CCCNC(C)c1nnc(-c2c[nH]c(C)cc2=O)o1. The molecule has 2 aromatic heterocycles. The lowest BCUT2D eigenvalue weighted by molar-refractivity contribution is 0.423. The summed E-state index contributed by atoms with van der Waals surface area (Å²) in [5.74, 6) is 0.741. The van der Waals surface area contributed by atoms with Crippen molar-refractivity contribution >= 4 is 0 Å². The van der Waals surface area contributed by atoms with E-state index in [0.29, 0.717) is 11.5 Å². The molecule has 0 fully saturated rings. The molecule has 2 heterocycles. The number of hydrogen-bond acceptors (Lipinski definition) is 5. The lowest BCUT2D eigenvalue weighted by Gasteiger charge is -2.07.